The lowest BCUT2D eigenvalue weighted by Gasteiger charge is -2.15. The van der Waals surface area contributed by atoms with E-state index in [4.69, 9.17) is 0 Å². The van der Waals surface area contributed by atoms with Crippen molar-refractivity contribution in [1.29, 1.82) is 0 Å². The van der Waals surface area contributed by atoms with Crippen LogP contribution in [0.2, 0.25) is 0 Å². The Labute approximate surface area is 125 Å². The van der Waals surface area contributed by atoms with E-state index in [1.54, 1.807) is 12.3 Å². The highest BCUT2D eigenvalue weighted by Crippen LogP contribution is 2.17. The first kappa shape index (κ1) is 13.6. The number of carbonyl (C=O) groups excluding carboxylic acids is 1. The molecule has 2 heterocycles. The minimum absolute atomic E-state index is 0.0201. The fourth-order valence-corrected chi connectivity index (χ4v) is 2.57. The molecule has 106 valence electrons. The molecule has 3 heteroatoms. The molecule has 1 aromatic carbocycles. The highest BCUT2D eigenvalue weighted by atomic mass is 16.1. The largest absolute Gasteiger partial charge is 0.371 e. The van der Waals surface area contributed by atoms with Crippen molar-refractivity contribution in [3.63, 3.8) is 0 Å². The summed E-state index contributed by atoms with van der Waals surface area (Å²) in [6, 6.07) is 13.5. The number of allylic oxidation sites excluding steroid dienone is 1. The van der Waals surface area contributed by atoms with E-state index in [0.717, 1.165) is 13.1 Å². The van der Waals surface area contributed by atoms with Gasteiger partial charge in [0.1, 0.15) is 0 Å². The standard InChI is InChI=1S/C18H19N2O/c21-18(16-6-2-1-3-7-16)10-15-19-13-8-17(9-14-19)20-11-4-5-12-20/h1-3,6-10,13-15H,4-5,11-12H2/q+1. The van der Waals surface area contributed by atoms with Crippen molar-refractivity contribution >= 4 is 17.7 Å². The molecule has 0 N–H and O–H groups in total. The zero-order valence-corrected chi connectivity index (χ0v) is 12.0. The van der Waals surface area contributed by atoms with Gasteiger partial charge in [-0.05, 0) is 12.8 Å². The van der Waals surface area contributed by atoms with Crippen molar-refractivity contribution in [1.82, 2.24) is 0 Å². The second-order valence-electron chi connectivity index (χ2n) is 5.24. The molecule has 0 saturated carbocycles. The minimum atomic E-state index is 0.0201. The molecule has 3 rings (SSSR count). The second kappa shape index (κ2) is 6.35. The van der Waals surface area contributed by atoms with Crippen LogP contribution in [-0.2, 0) is 0 Å². The number of benzene rings is 1. The number of carbonyl (C=O) groups is 1. The van der Waals surface area contributed by atoms with Gasteiger partial charge >= 0.3 is 0 Å². The molecular formula is C18H19N2O+. The molecule has 1 aromatic heterocycles. The van der Waals surface area contributed by atoms with Crippen molar-refractivity contribution in [3.05, 3.63) is 66.5 Å². The highest BCUT2D eigenvalue weighted by Gasteiger charge is 2.12. The van der Waals surface area contributed by atoms with Crippen molar-refractivity contribution in [3.8, 4) is 0 Å². The first-order valence-electron chi connectivity index (χ1n) is 7.36. The van der Waals surface area contributed by atoms with Crippen LogP contribution < -0.4 is 9.47 Å². The Morgan fingerprint density at radius 2 is 1.67 bits per heavy atom. The predicted molar refractivity (Wildman–Crippen MR) is 84.2 cm³/mol. The zero-order valence-electron chi connectivity index (χ0n) is 12.0. The predicted octanol–water partition coefficient (Wildman–Crippen LogP) is 2.93. The monoisotopic (exact) mass is 279 g/mol. The number of aromatic nitrogens is 1. The van der Waals surface area contributed by atoms with Crippen LogP contribution in [0, 0.1) is 0 Å². The highest BCUT2D eigenvalue weighted by molar-refractivity contribution is 6.05. The van der Waals surface area contributed by atoms with Crippen LogP contribution in [0.5, 0.6) is 0 Å². The van der Waals surface area contributed by atoms with Crippen molar-refractivity contribution < 1.29 is 9.36 Å². The second-order valence-corrected chi connectivity index (χ2v) is 5.24. The van der Waals surface area contributed by atoms with Crippen LogP contribution in [0.1, 0.15) is 23.2 Å². The number of hydrogen-bond donors (Lipinski definition) is 0. The van der Waals surface area contributed by atoms with Gasteiger partial charge in [-0.3, -0.25) is 4.79 Å². The summed E-state index contributed by atoms with van der Waals surface area (Å²) in [7, 11) is 0. The molecule has 1 fully saturated rings. The lowest BCUT2D eigenvalue weighted by atomic mass is 10.1. The molecule has 0 bridgehead atoms. The van der Waals surface area contributed by atoms with Gasteiger partial charge in [0, 0.05) is 36.5 Å². The number of rotatable bonds is 4. The minimum Gasteiger partial charge on any atom is -0.371 e. The molecule has 0 aliphatic carbocycles. The maximum atomic E-state index is 12.0. The molecule has 1 aliphatic rings. The maximum absolute atomic E-state index is 12.0. The molecule has 1 aliphatic heterocycles. The molecular weight excluding hydrogens is 260 g/mol. The molecule has 0 atom stereocenters. The lowest BCUT2D eigenvalue weighted by molar-refractivity contribution is -0.568. The summed E-state index contributed by atoms with van der Waals surface area (Å²) in [5.41, 5.74) is 1.97. The Balaban J connectivity index is 1.67. The number of hydrogen-bond acceptors (Lipinski definition) is 2. The Morgan fingerprint density at radius 3 is 2.33 bits per heavy atom. The fraction of sp³-hybridized carbons (Fsp3) is 0.222. The Morgan fingerprint density at radius 1 is 1.00 bits per heavy atom. The number of nitrogens with zero attached hydrogens (tertiary/aromatic N) is 2. The van der Waals surface area contributed by atoms with E-state index < -0.39 is 0 Å². The van der Waals surface area contributed by atoms with Gasteiger partial charge in [-0.1, -0.05) is 30.3 Å². The van der Waals surface area contributed by atoms with Crippen LogP contribution in [0.25, 0.3) is 6.20 Å². The van der Waals surface area contributed by atoms with Crippen molar-refractivity contribution in [2.45, 2.75) is 12.8 Å². The fourth-order valence-electron chi connectivity index (χ4n) is 2.57. The topological polar surface area (TPSA) is 24.2 Å². The Kier molecular flexibility index (Phi) is 4.10. The summed E-state index contributed by atoms with van der Waals surface area (Å²) in [5.74, 6) is 0.0201. The molecule has 0 spiro atoms. The van der Waals surface area contributed by atoms with E-state index in [-0.39, 0.29) is 5.78 Å². The molecule has 0 unspecified atom stereocenters. The van der Waals surface area contributed by atoms with Gasteiger partial charge in [0.05, 0.1) is 6.08 Å². The van der Waals surface area contributed by atoms with Gasteiger partial charge in [-0.2, -0.15) is 4.57 Å². The van der Waals surface area contributed by atoms with E-state index >= 15 is 0 Å². The Bertz CT molecular complexity index is 626. The van der Waals surface area contributed by atoms with Crippen molar-refractivity contribution in [2.24, 2.45) is 0 Å². The summed E-state index contributed by atoms with van der Waals surface area (Å²) >= 11 is 0. The number of pyridine rings is 1. The summed E-state index contributed by atoms with van der Waals surface area (Å²) in [6.07, 6.45) is 9.93. The van der Waals surface area contributed by atoms with Gasteiger partial charge in [0.2, 0.25) is 0 Å². The van der Waals surface area contributed by atoms with Gasteiger partial charge in [-0.15, -0.1) is 0 Å². The maximum Gasteiger partial charge on any atom is 0.191 e. The zero-order chi connectivity index (χ0) is 14.5. The normalized spacial score (nSPS) is 14.8. The first-order chi connectivity index (χ1) is 10.3. The van der Waals surface area contributed by atoms with Crippen LogP contribution >= 0.6 is 0 Å². The summed E-state index contributed by atoms with van der Waals surface area (Å²) < 4.78 is 1.90. The molecule has 3 nitrogen and oxygen atoms in total. The molecule has 1 saturated heterocycles. The molecule has 2 aromatic rings. The average molecular weight is 279 g/mol. The number of anilines is 1. The average Bonchev–Trinajstić information content (AvgIpc) is 3.08. The third-order valence-corrected chi connectivity index (χ3v) is 3.76. The van der Waals surface area contributed by atoms with Gasteiger partial charge in [-0.25, -0.2) is 0 Å². The van der Waals surface area contributed by atoms with E-state index in [0.29, 0.717) is 5.56 Å². The quantitative estimate of drug-likeness (QED) is 0.488. The smallest absolute Gasteiger partial charge is 0.191 e. The molecule has 0 amide bonds. The molecule has 0 radical (unpaired) electrons. The summed E-state index contributed by atoms with van der Waals surface area (Å²) in [6.45, 7) is 2.29. The lowest BCUT2D eigenvalue weighted by Crippen LogP contribution is -2.26. The number of ketones is 1. The van der Waals surface area contributed by atoms with Crippen LogP contribution in [0.4, 0.5) is 5.69 Å². The van der Waals surface area contributed by atoms with Gasteiger partial charge < -0.3 is 4.90 Å². The SMILES string of the molecule is O=C(C=C[n+]1ccc(N2CCCC2)cc1)c1ccccc1. The van der Waals surface area contributed by atoms with Gasteiger partial charge in [0.15, 0.2) is 24.4 Å². The third kappa shape index (κ3) is 3.37. The first-order valence-corrected chi connectivity index (χ1v) is 7.36. The van der Waals surface area contributed by atoms with Crippen LogP contribution in [-0.4, -0.2) is 18.9 Å². The van der Waals surface area contributed by atoms with Crippen molar-refractivity contribution in [2.75, 3.05) is 18.0 Å². The van der Waals surface area contributed by atoms with E-state index in [9.17, 15) is 4.79 Å². The van der Waals surface area contributed by atoms with Crippen LogP contribution in [0.3, 0.4) is 0 Å². The third-order valence-electron chi connectivity index (χ3n) is 3.76. The van der Waals surface area contributed by atoms with Gasteiger partial charge in [0.25, 0.3) is 0 Å². The molecule has 21 heavy (non-hydrogen) atoms. The Hall–Kier alpha value is -2.42. The van der Waals surface area contributed by atoms with E-state index in [1.807, 2.05) is 47.3 Å². The summed E-state index contributed by atoms with van der Waals surface area (Å²) in [5, 5.41) is 0. The summed E-state index contributed by atoms with van der Waals surface area (Å²) in [4.78, 5) is 14.4. The van der Waals surface area contributed by atoms with E-state index in [2.05, 4.69) is 17.0 Å². The van der Waals surface area contributed by atoms with E-state index in [1.165, 1.54) is 18.5 Å². The van der Waals surface area contributed by atoms with Crippen LogP contribution in [0.15, 0.2) is 60.9 Å².